The number of ketones is 1. The van der Waals surface area contributed by atoms with Crippen LogP contribution in [0.1, 0.15) is 68.9 Å². The van der Waals surface area contributed by atoms with Crippen LogP contribution in [0.2, 0.25) is 0 Å². The number of fused-ring (bicyclic) bond motifs is 4. The predicted octanol–water partition coefficient (Wildman–Crippen LogP) is 6.58. The van der Waals surface area contributed by atoms with Crippen molar-refractivity contribution in [3.05, 3.63) is 58.2 Å². The molecule has 5 atom stereocenters. The van der Waals surface area contributed by atoms with Crippen molar-refractivity contribution >= 4 is 5.78 Å². The minimum atomic E-state index is -5.84. The molecule has 2 unspecified atom stereocenters. The third-order valence-electron chi connectivity index (χ3n) is 9.64. The largest absolute Gasteiger partial charge is 0.456 e. The standard InChI is InChI=1S/C29H34F5NO2/c1-26-15-23(18-6-4-17(5-7-18)16-35(2)3)25-21-11-9-20(36)14-19(21)8-10-22(25)24(26)12-13-27(26,37)28(30,31)29(32,33)34/h4-7,14,22-24,37H,8-13,15-16H2,1-3H3/t22?,23-,24?,26+,27+/m1/s1. The van der Waals surface area contributed by atoms with Crippen LogP contribution in [0.3, 0.4) is 0 Å². The Labute approximate surface area is 214 Å². The maximum Gasteiger partial charge on any atom is 0.456 e. The molecule has 0 aromatic heterocycles. The van der Waals surface area contributed by atoms with Crippen molar-refractivity contribution in [1.82, 2.24) is 4.90 Å². The Morgan fingerprint density at radius 3 is 2.32 bits per heavy atom. The van der Waals surface area contributed by atoms with Gasteiger partial charge in [0.2, 0.25) is 0 Å². The highest BCUT2D eigenvalue weighted by Crippen LogP contribution is 2.70. The quantitative estimate of drug-likeness (QED) is 0.454. The molecule has 0 amide bonds. The molecule has 0 bridgehead atoms. The molecule has 37 heavy (non-hydrogen) atoms. The summed E-state index contributed by atoms with van der Waals surface area (Å²) in [7, 11) is 3.91. The van der Waals surface area contributed by atoms with Gasteiger partial charge in [-0.3, -0.25) is 4.79 Å². The fraction of sp³-hybridized carbons (Fsp3) is 0.621. The van der Waals surface area contributed by atoms with Crippen LogP contribution in [0.5, 0.6) is 0 Å². The molecule has 0 spiro atoms. The predicted molar refractivity (Wildman–Crippen MR) is 130 cm³/mol. The summed E-state index contributed by atoms with van der Waals surface area (Å²) in [5.74, 6) is -6.24. The molecule has 0 radical (unpaired) electrons. The van der Waals surface area contributed by atoms with Crippen molar-refractivity contribution in [3.8, 4) is 0 Å². The number of hydrogen-bond donors (Lipinski definition) is 1. The van der Waals surface area contributed by atoms with Crippen LogP contribution in [0, 0.1) is 17.3 Å². The number of benzene rings is 1. The molecule has 4 aliphatic rings. The van der Waals surface area contributed by atoms with E-state index in [1.54, 1.807) is 6.08 Å². The summed E-state index contributed by atoms with van der Waals surface area (Å²) in [5, 5.41) is 11.3. The molecule has 1 aromatic carbocycles. The third-order valence-corrected chi connectivity index (χ3v) is 9.64. The van der Waals surface area contributed by atoms with Crippen LogP contribution < -0.4 is 0 Å². The Morgan fingerprint density at radius 2 is 1.70 bits per heavy atom. The average molecular weight is 524 g/mol. The number of aliphatic hydroxyl groups is 1. The van der Waals surface area contributed by atoms with E-state index >= 15 is 8.78 Å². The number of allylic oxidation sites excluding steroid dienone is 4. The number of carbonyl (C=O) groups excluding carboxylic acids is 1. The molecule has 202 valence electrons. The Balaban J connectivity index is 1.65. The highest BCUT2D eigenvalue weighted by Gasteiger charge is 2.79. The fourth-order valence-corrected chi connectivity index (χ4v) is 7.93. The Morgan fingerprint density at radius 1 is 1.03 bits per heavy atom. The van der Waals surface area contributed by atoms with Crippen molar-refractivity contribution in [2.45, 2.75) is 82.0 Å². The lowest BCUT2D eigenvalue weighted by atomic mass is 9.50. The van der Waals surface area contributed by atoms with E-state index in [0.29, 0.717) is 32.2 Å². The van der Waals surface area contributed by atoms with Crippen LogP contribution in [0.4, 0.5) is 22.0 Å². The first kappa shape index (κ1) is 26.5. The lowest BCUT2D eigenvalue weighted by Gasteiger charge is -2.56. The molecule has 1 N–H and O–H groups in total. The van der Waals surface area contributed by atoms with Crippen LogP contribution in [-0.4, -0.2) is 47.6 Å². The van der Waals surface area contributed by atoms with Gasteiger partial charge in [-0.15, -0.1) is 0 Å². The second kappa shape index (κ2) is 8.73. The highest BCUT2D eigenvalue weighted by atomic mass is 19.4. The van der Waals surface area contributed by atoms with Crippen LogP contribution >= 0.6 is 0 Å². The SMILES string of the molecule is CN(C)Cc1ccc([C@H]2C[C@@]3(C)C(CC[C@@]3(O)C(F)(F)C(F)(F)F)C3CCC4=CC(=O)CCC4=C32)cc1. The van der Waals surface area contributed by atoms with Gasteiger partial charge in [-0.25, -0.2) is 0 Å². The van der Waals surface area contributed by atoms with E-state index in [2.05, 4.69) is 0 Å². The number of carbonyl (C=O) groups is 1. The first-order valence-electron chi connectivity index (χ1n) is 13.1. The zero-order chi connectivity index (χ0) is 27.0. The normalized spacial score (nSPS) is 34.3. The van der Waals surface area contributed by atoms with Crippen molar-refractivity contribution in [2.75, 3.05) is 14.1 Å². The van der Waals surface area contributed by atoms with Crippen molar-refractivity contribution in [3.63, 3.8) is 0 Å². The molecule has 2 fully saturated rings. The molecule has 0 aliphatic heterocycles. The maximum absolute atomic E-state index is 15.0. The summed E-state index contributed by atoms with van der Waals surface area (Å²) in [6.07, 6.45) is -2.49. The minimum Gasteiger partial charge on any atom is -0.383 e. The van der Waals surface area contributed by atoms with E-state index in [1.807, 2.05) is 43.3 Å². The summed E-state index contributed by atoms with van der Waals surface area (Å²) < 4.78 is 71.0. The average Bonchev–Trinajstić information content (AvgIpc) is 3.09. The zero-order valence-electron chi connectivity index (χ0n) is 21.5. The van der Waals surface area contributed by atoms with Gasteiger partial charge in [0.05, 0.1) is 0 Å². The summed E-state index contributed by atoms with van der Waals surface area (Å²) in [6, 6.07) is 7.83. The van der Waals surface area contributed by atoms with Gasteiger partial charge < -0.3 is 10.0 Å². The van der Waals surface area contributed by atoms with Gasteiger partial charge in [0.25, 0.3) is 0 Å². The molecule has 2 saturated carbocycles. The topological polar surface area (TPSA) is 40.5 Å². The second-order valence-corrected chi connectivity index (χ2v) is 11.9. The second-order valence-electron chi connectivity index (χ2n) is 11.9. The highest BCUT2D eigenvalue weighted by molar-refractivity contribution is 5.93. The molecule has 3 nitrogen and oxygen atoms in total. The van der Waals surface area contributed by atoms with Gasteiger partial charge in [-0.1, -0.05) is 36.8 Å². The number of rotatable bonds is 4. The minimum absolute atomic E-state index is 0.00340. The number of nitrogens with zero attached hydrogens (tertiary/aromatic N) is 1. The van der Waals surface area contributed by atoms with E-state index in [1.165, 1.54) is 6.92 Å². The summed E-state index contributed by atoms with van der Waals surface area (Å²) in [5.41, 5.74) is 0.272. The summed E-state index contributed by atoms with van der Waals surface area (Å²) >= 11 is 0. The number of alkyl halides is 5. The monoisotopic (exact) mass is 523 g/mol. The van der Waals surface area contributed by atoms with Gasteiger partial charge in [-0.05, 0) is 92.8 Å². The molecule has 5 rings (SSSR count). The Kier molecular flexibility index (Phi) is 6.26. The van der Waals surface area contributed by atoms with Gasteiger partial charge in [-0.2, -0.15) is 22.0 Å². The Bertz CT molecular complexity index is 1150. The van der Waals surface area contributed by atoms with Gasteiger partial charge in [0.15, 0.2) is 5.78 Å². The van der Waals surface area contributed by atoms with Crippen LogP contribution in [0.15, 0.2) is 47.1 Å². The number of hydrogen-bond acceptors (Lipinski definition) is 3. The van der Waals surface area contributed by atoms with Gasteiger partial charge >= 0.3 is 12.1 Å². The molecule has 8 heteroatoms. The third kappa shape index (κ3) is 3.92. The van der Waals surface area contributed by atoms with E-state index in [-0.39, 0.29) is 24.5 Å². The first-order chi connectivity index (χ1) is 17.2. The fourth-order valence-electron chi connectivity index (χ4n) is 7.93. The summed E-state index contributed by atoms with van der Waals surface area (Å²) in [6.45, 7) is 2.17. The molecular formula is C29H34F5NO2. The van der Waals surface area contributed by atoms with Crippen LogP contribution in [-0.2, 0) is 11.3 Å². The molecule has 0 heterocycles. The van der Waals surface area contributed by atoms with Crippen molar-refractivity contribution < 1.29 is 31.9 Å². The lowest BCUT2D eigenvalue weighted by Crippen LogP contribution is -2.65. The van der Waals surface area contributed by atoms with E-state index < -0.39 is 41.4 Å². The smallest absolute Gasteiger partial charge is 0.383 e. The molecule has 0 saturated heterocycles. The lowest BCUT2D eigenvalue weighted by molar-refractivity contribution is -0.362. The van der Waals surface area contributed by atoms with Gasteiger partial charge in [0.1, 0.15) is 5.60 Å². The van der Waals surface area contributed by atoms with E-state index in [4.69, 9.17) is 0 Å². The van der Waals surface area contributed by atoms with Crippen LogP contribution in [0.25, 0.3) is 0 Å². The molecular weight excluding hydrogens is 489 g/mol. The summed E-state index contributed by atoms with van der Waals surface area (Å²) in [4.78, 5) is 14.2. The first-order valence-corrected chi connectivity index (χ1v) is 13.1. The molecule has 4 aliphatic carbocycles. The number of halogens is 5. The van der Waals surface area contributed by atoms with E-state index in [0.717, 1.165) is 27.8 Å². The van der Waals surface area contributed by atoms with E-state index in [9.17, 15) is 23.1 Å². The zero-order valence-corrected chi connectivity index (χ0v) is 21.5. The van der Waals surface area contributed by atoms with Crippen molar-refractivity contribution in [2.24, 2.45) is 17.3 Å². The van der Waals surface area contributed by atoms with Crippen molar-refractivity contribution in [1.29, 1.82) is 0 Å². The molecule has 1 aromatic rings. The van der Waals surface area contributed by atoms with Gasteiger partial charge in [0, 0.05) is 24.3 Å². The Hall–Kier alpha value is -2.06. The maximum atomic E-state index is 15.0.